The average molecular weight is 344 g/mol. The second kappa shape index (κ2) is 7.40. The molecule has 1 fully saturated rings. The molecule has 25 heavy (non-hydrogen) atoms. The van der Waals surface area contributed by atoms with Gasteiger partial charge in [0.2, 0.25) is 0 Å². The van der Waals surface area contributed by atoms with Gasteiger partial charge in [-0.25, -0.2) is 4.79 Å². The molecule has 0 radical (unpaired) electrons. The van der Waals surface area contributed by atoms with Crippen molar-refractivity contribution in [3.05, 3.63) is 45.3 Å². The number of ether oxygens (including phenoxy) is 1. The lowest BCUT2D eigenvalue weighted by molar-refractivity contribution is -0.919. The normalized spacial score (nSPS) is 20.6. The summed E-state index contributed by atoms with van der Waals surface area (Å²) in [5, 5.41) is 1.02. The molecule has 5 heteroatoms. The van der Waals surface area contributed by atoms with E-state index < -0.39 is 0 Å². The van der Waals surface area contributed by atoms with Crippen LogP contribution in [0.4, 0.5) is 0 Å². The highest BCUT2D eigenvalue weighted by Gasteiger charge is 2.28. The standard InChI is InChI=1S/C20H25NO4/c1-4-24-20(23)15-7-9-21(10-8-15)12-16-11-18(22)25-19-14(3)13(2)5-6-17(16)19/h5-6,11,15H,4,7-10,12H2,1-3H3/p+1. The van der Waals surface area contributed by atoms with Crippen LogP contribution in [0.15, 0.2) is 27.4 Å². The van der Waals surface area contributed by atoms with Crippen molar-refractivity contribution in [2.24, 2.45) is 5.92 Å². The molecule has 0 saturated carbocycles. The molecule has 5 nitrogen and oxygen atoms in total. The maximum atomic E-state index is 12.0. The molecule has 0 amide bonds. The van der Waals surface area contributed by atoms with E-state index in [-0.39, 0.29) is 17.5 Å². The second-order valence-corrected chi connectivity index (χ2v) is 6.93. The Balaban J connectivity index is 1.77. The van der Waals surface area contributed by atoms with Crippen LogP contribution in [0.25, 0.3) is 11.0 Å². The quantitative estimate of drug-likeness (QED) is 0.678. The summed E-state index contributed by atoms with van der Waals surface area (Å²) < 4.78 is 10.6. The van der Waals surface area contributed by atoms with Gasteiger partial charge in [0.1, 0.15) is 12.1 Å². The molecule has 134 valence electrons. The lowest BCUT2D eigenvalue weighted by atomic mass is 9.96. The highest BCUT2D eigenvalue weighted by molar-refractivity contribution is 5.83. The van der Waals surface area contributed by atoms with Crippen LogP contribution >= 0.6 is 0 Å². The van der Waals surface area contributed by atoms with Gasteiger partial charge in [-0.05, 0) is 31.9 Å². The Morgan fingerprint density at radius 1 is 1.28 bits per heavy atom. The molecule has 0 spiro atoms. The van der Waals surface area contributed by atoms with Crippen LogP contribution in [0.2, 0.25) is 0 Å². The highest BCUT2D eigenvalue weighted by Crippen LogP contribution is 2.23. The molecule has 1 N–H and O–H groups in total. The monoisotopic (exact) mass is 344 g/mol. The van der Waals surface area contributed by atoms with Crippen molar-refractivity contribution in [1.29, 1.82) is 0 Å². The number of piperidine rings is 1. The number of aryl methyl sites for hydroxylation is 2. The Morgan fingerprint density at radius 3 is 2.68 bits per heavy atom. The molecule has 2 aromatic rings. The van der Waals surface area contributed by atoms with Crippen molar-refractivity contribution in [2.75, 3.05) is 19.7 Å². The smallest absolute Gasteiger partial charge is 0.336 e. The first-order valence-corrected chi connectivity index (χ1v) is 9.02. The Kier molecular flexibility index (Phi) is 5.23. The lowest BCUT2D eigenvalue weighted by Crippen LogP contribution is -3.11. The van der Waals surface area contributed by atoms with Gasteiger partial charge in [-0.1, -0.05) is 12.1 Å². The molecule has 0 atom stereocenters. The van der Waals surface area contributed by atoms with E-state index in [4.69, 9.17) is 9.15 Å². The van der Waals surface area contributed by atoms with Crippen molar-refractivity contribution in [3.8, 4) is 0 Å². The van der Waals surface area contributed by atoms with Gasteiger partial charge >= 0.3 is 11.6 Å². The minimum atomic E-state index is -0.294. The summed E-state index contributed by atoms with van der Waals surface area (Å²) in [6.07, 6.45) is 1.68. The number of rotatable bonds is 4. The maximum absolute atomic E-state index is 12.0. The van der Waals surface area contributed by atoms with Gasteiger partial charge in [0.05, 0.1) is 25.6 Å². The first kappa shape index (κ1) is 17.7. The molecule has 1 aliphatic rings. The van der Waals surface area contributed by atoms with Crippen LogP contribution in [0.5, 0.6) is 0 Å². The van der Waals surface area contributed by atoms with Crippen molar-refractivity contribution in [1.82, 2.24) is 0 Å². The SMILES string of the molecule is CCOC(=O)C1CC[NH+](Cc2cc(=O)oc3c(C)c(C)ccc23)CC1. The Labute approximate surface area is 147 Å². The summed E-state index contributed by atoms with van der Waals surface area (Å²) in [5.41, 5.74) is 3.57. The van der Waals surface area contributed by atoms with Crippen molar-refractivity contribution >= 4 is 16.9 Å². The third-order valence-corrected chi connectivity index (χ3v) is 5.27. The predicted molar refractivity (Wildman–Crippen MR) is 95.7 cm³/mol. The van der Waals surface area contributed by atoms with E-state index in [0.29, 0.717) is 12.2 Å². The summed E-state index contributed by atoms with van der Waals surface area (Å²) >= 11 is 0. The van der Waals surface area contributed by atoms with Crippen LogP contribution in [-0.2, 0) is 16.1 Å². The number of hydrogen-bond acceptors (Lipinski definition) is 4. The zero-order valence-corrected chi connectivity index (χ0v) is 15.2. The number of benzene rings is 1. The van der Waals surface area contributed by atoms with Crippen molar-refractivity contribution in [3.63, 3.8) is 0 Å². The number of fused-ring (bicyclic) bond motifs is 1. The fourth-order valence-electron chi connectivity index (χ4n) is 3.64. The summed E-state index contributed by atoms with van der Waals surface area (Å²) in [5.74, 6) is -0.0513. The van der Waals surface area contributed by atoms with E-state index in [9.17, 15) is 9.59 Å². The number of carbonyl (C=O) groups is 1. The van der Waals surface area contributed by atoms with Crippen LogP contribution in [0.1, 0.15) is 36.5 Å². The van der Waals surface area contributed by atoms with Gasteiger partial charge < -0.3 is 14.1 Å². The number of likely N-dealkylation sites (tertiary alicyclic amines) is 1. The summed E-state index contributed by atoms with van der Waals surface area (Å²) in [6, 6.07) is 5.73. The Morgan fingerprint density at radius 2 is 2.00 bits per heavy atom. The zero-order valence-electron chi connectivity index (χ0n) is 15.2. The number of carbonyl (C=O) groups excluding carboxylic acids is 1. The van der Waals surface area contributed by atoms with E-state index >= 15 is 0 Å². The van der Waals surface area contributed by atoms with Crippen LogP contribution in [0.3, 0.4) is 0 Å². The van der Waals surface area contributed by atoms with E-state index in [1.54, 1.807) is 6.07 Å². The topological polar surface area (TPSA) is 61.0 Å². The number of esters is 1. The highest BCUT2D eigenvalue weighted by atomic mass is 16.5. The van der Waals surface area contributed by atoms with Gasteiger partial charge in [0.25, 0.3) is 0 Å². The molecule has 0 unspecified atom stereocenters. The zero-order chi connectivity index (χ0) is 18.0. The number of nitrogens with one attached hydrogen (secondary N) is 1. The first-order valence-electron chi connectivity index (χ1n) is 9.02. The average Bonchev–Trinajstić information content (AvgIpc) is 2.59. The first-order chi connectivity index (χ1) is 12.0. The number of quaternary nitrogens is 1. The summed E-state index contributed by atoms with van der Waals surface area (Å²) in [6.45, 7) is 8.89. The third-order valence-electron chi connectivity index (χ3n) is 5.27. The van der Waals surface area contributed by atoms with Crippen LogP contribution in [0, 0.1) is 19.8 Å². The molecule has 1 aromatic carbocycles. The van der Waals surface area contributed by atoms with Crippen LogP contribution < -0.4 is 10.5 Å². The van der Waals surface area contributed by atoms with E-state index in [0.717, 1.165) is 54.6 Å². The molecule has 1 saturated heterocycles. The molecular formula is C20H26NO4+. The fourth-order valence-corrected chi connectivity index (χ4v) is 3.64. The van der Waals surface area contributed by atoms with E-state index in [1.807, 2.05) is 26.8 Å². The summed E-state index contributed by atoms with van der Waals surface area (Å²) in [7, 11) is 0. The fraction of sp³-hybridized carbons (Fsp3) is 0.500. The van der Waals surface area contributed by atoms with Crippen molar-refractivity contribution < 1.29 is 18.8 Å². The molecular weight excluding hydrogens is 318 g/mol. The van der Waals surface area contributed by atoms with Gasteiger partial charge in [-0.2, -0.15) is 0 Å². The molecule has 3 rings (SSSR count). The van der Waals surface area contributed by atoms with Crippen molar-refractivity contribution in [2.45, 2.75) is 40.2 Å². The van der Waals surface area contributed by atoms with E-state index in [1.165, 1.54) is 4.90 Å². The predicted octanol–water partition coefficient (Wildman–Crippen LogP) is 1.77. The molecule has 2 heterocycles. The maximum Gasteiger partial charge on any atom is 0.336 e. The van der Waals surface area contributed by atoms with Gasteiger partial charge in [0, 0.05) is 29.9 Å². The molecule has 1 aliphatic heterocycles. The third kappa shape index (κ3) is 3.76. The second-order valence-electron chi connectivity index (χ2n) is 6.93. The molecule has 0 bridgehead atoms. The minimum Gasteiger partial charge on any atom is -0.466 e. The minimum absolute atomic E-state index is 0.0196. The molecule has 0 aliphatic carbocycles. The lowest BCUT2D eigenvalue weighted by Gasteiger charge is -2.28. The Hall–Kier alpha value is -2.14. The summed E-state index contributed by atoms with van der Waals surface area (Å²) in [4.78, 5) is 25.2. The van der Waals surface area contributed by atoms with Gasteiger partial charge in [-0.15, -0.1) is 0 Å². The molecule has 1 aromatic heterocycles. The van der Waals surface area contributed by atoms with Crippen LogP contribution in [-0.4, -0.2) is 25.7 Å². The van der Waals surface area contributed by atoms with Gasteiger partial charge in [-0.3, -0.25) is 4.79 Å². The number of hydrogen-bond donors (Lipinski definition) is 1. The van der Waals surface area contributed by atoms with Gasteiger partial charge in [0.15, 0.2) is 0 Å². The van der Waals surface area contributed by atoms with E-state index in [2.05, 4.69) is 6.07 Å². The largest absolute Gasteiger partial charge is 0.466 e. The Bertz CT molecular complexity index is 831.